The van der Waals surface area contributed by atoms with E-state index < -0.39 is 0 Å². The lowest BCUT2D eigenvalue weighted by molar-refractivity contribution is -0.661. The second kappa shape index (κ2) is 5.84. The van der Waals surface area contributed by atoms with Gasteiger partial charge in [0.25, 0.3) is 0 Å². The molecule has 22 heavy (non-hydrogen) atoms. The number of pyridine rings is 1. The SMILES string of the molecule is Cc1ccccc1-c1nc2cncc(CC(C)C)c2c[n+]1C. The van der Waals surface area contributed by atoms with Crippen LogP contribution in [-0.4, -0.2) is 9.97 Å². The molecule has 0 atom stereocenters. The highest BCUT2D eigenvalue weighted by Crippen LogP contribution is 2.22. The molecule has 0 radical (unpaired) electrons. The van der Waals surface area contributed by atoms with Crippen molar-refractivity contribution in [1.82, 2.24) is 9.97 Å². The monoisotopic (exact) mass is 292 g/mol. The van der Waals surface area contributed by atoms with E-state index in [9.17, 15) is 0 Å². The van der Waals surface area contributed by atoms with Gasteiger partial charge in [0.05, 0.1) is 24.2 Å². The van der Waals surface area contributed by atoms with Crippen LogP contribution in [-0.2, 0) is 13.5 Å². The first-order valence-electron chi connectivity index (χ1n) is 7.75. The third kappa shape index (κ3) is 2.71. The smallest absolute Gasteiger partial charge is 0.260 e. The van der Waals surface area contributed by atoms with Gasteiger partial charge in [0, 0.05) is 6.20 Å². The van der Waals surface area contributed by atoms with Crippen LogP contribution >= 0.6 is 0 Å². The Balaban J connectivity index is 2.20. The number of benzene rings is 1. The summed E-state index contributed by atoms with van der Waals surface area (Å²) in [6, 6.07) is 8.35. The topological polar surface area (TPSA) is 29.7 Å². The van der Waals surface area contributed by atoms with Gasteiger partial charge >= 0.3 is 5.82 Å². The van der Waals surface area contributed by atoms with Gasteiger partial charge in [-0.25, -0.2) is 4.57 Å². The molecule has 3 heteroatoms. The number of hydrogen-bond acceptors (Lipinski definition) is 2. The summed E-state index contributed by atoms with van der Waals surface area (Å²) in [4.78, 5) is 9.26. The minimum absolute atomic E-state index is 0.605. The number of aromatic nitrogens is 3. The maximum Gasteiger partial charge on any atom is 0.331 e. The summed E-state index contributed by atoms with van der Waals surface area (Å²) in [6.07, 6.45) is 7.04. The van der Waals surface area contributed by atoms with Crippen LogP contribution in [0.25, 0.3) is 22.3 Å². The van der Waals surface area contributed by atoms with E-state index in [0.717, 1.165) is 17.8 Å². The van der Waals surface area contributed by atoms with Crippen molar-refractivity contribution in [3.8, 4) is 11.4 Å². The second-order valence-electron chi connectivity index (χ2n) is 6.32. The van der Waals surface area contributed by atoms with Gasteiger partial charge < -0.3 is 0 Å². The number of aryl methyl sites for hydroxylation is 2. The van der Waals surface area contributed by atoms with Gasteiger partial charge in [0.1, 0.15) is 6.20 Å². The van der Waals surface area contributed by atoms with Crippen molar-refractivity contribution in [2.24, 2.45) is 13.0 Å². The maximum atomic E-state index is 4.87. The summed E-state index contributed by atoms with van der Waals surface area (Å²) < 4.78 is 2.12. The van der Waals surface area contributed by atoms with Crippen LogP contribution in [0.15, 0.2) is 42.9 Å². The minimum Gasteiger partial charge on any atom is -0.260 e. The van der Waals surface area contributed by atoms with Crippen molar-refractivity contribution >= 4 is 10.9 Å². The van der Waals surface area contributed by atoms with Gasteiger partial charge in [0.15, 0.2) is 0 Å². The average molecular weight is 292 g/mol. The molecule has 2 heterocycles. The lowest BCUT2D eigenvalue weighted by atomic mass is 10.0. The Kier molecular flexibility index (Phi) is 3.88. The fraction of sp³-hybridized carbons (Fsp3) is 0.316. The van der Waals surface area contributed by atoms with E-state index >= 15 is 0 Å². The summed E-state index contributed by atoms with van der Waals surface area (Å²) in [7, 11) is 2.06. The largest absolute Gasteiger partial charge is 0.331 e. The number of rotatable bonds is 3. The van der Waals surface area contributed by atoms with Crippen molar-refractivity contribution in [3.05, 3.63) is 54.0 Å². The van der Waals surface area contributed by atoms with E-state index in [4.69, 9.17) is 4.98 Å². The quantitative estimate of drug-likeness (QED) is 0.690. The van der Waals surface area contributed by atoms with Gasteiger partial charge in [-0.15, -0.1) is 0 Å². The van der Waals surface area contributed by atoms with Crippen LogP contribution in [0.1, 0.15) is 25.0 Å². The fourth-order valence-electron chi connectivity index (χ4n) is 2.86. The highest BCUT2D eigenvalue weighted by molar-refractivity contribution is 5.81. The molecule has 0 fully saturated rings. The lowest BCUT2D eigenvalue weighted by Crippen LogP contribution is -2.32. The molecule has 1 aromatic carbocycles. The molecule has 0 N–H and O–H groups in total. The van der Waals surface area contributed by atoms with Crippen molar-refractivity contribution < 1.29 is 4.57 Å². The van der Waals surface area contributed by atoms with E-state index in [1.54, 1.807) is 0 Å². The first-order chi connectivity index (χ1) is 10.6. The molecule has 0 aliphatic carbocycles. The van der Waals surface area contributed by atoms with Crippen LogP contribution in [0.3, 0.4) is 0 Å². The first-order valence-corrected chi connectivity index (χ1v) is 7.75. The lowest BCUT2D eigenvalue weighted by Gasteiger charge is -2.08. The summed E-state index contributed by atoms with van der Waals surface area (Å²) >= 11 is 0. The molecule has 3 rings (SSSR count). The molecule has 0 unspecified atom stereocenters. The molecule has 0 spiro atoms. The zero-order chi connectivity index (χ0) is 15.7. The summed E-state index contributed by atoms with van der Waals surface area (Å²) in [6.45, 7) is 6.58. The Morgan fingerprint density at radius 3 is 2.64 bits per heavy atom. The van der Waals surface area contributed by atoms with Crippen LogP contribution in [0.4, 0.5) is 0 Å². The molecule has 0 amide bonds. The summed E-state index contributed by atoms with van der Waals surface area (Å²) in [5.41, 5.74) is 4.64. The van der Waals surface area contributed by atoms with Crippen LogP contribution in [0.5, 0.6) is 0 Å². The maximum absolute atomic E-state index is 4.87. The van der Waals surface area contributed by atoms with Crippen LogP contribution in [0, 0.1) is 12.8 Å². The van der Waals surface area contributed by atoms with E-state index in [-0.39, 0.29) is 0 Å². The van der Waals surface area contributed by atoms with Crippen molar-refractivity contribution in [1.29, 1.82) is 0 Å². The molecule has 0 saturated carbocycles. The average Bonchev–Trinajstić information content (AvgIpc) is 2.48. The molecule has 2 aromatic heterocycles. The molecule has 0 aliphatic rings. The predicted octanol–water partition coefficient (Wildman–Crippen LogP) is 3.63. The van der Waals surface area contributed by atoms with Gasteiger partial charge in [-0.2, -0.15) is 0 Å². The summed E-state index contributed by atoms with van der Waals surface area (Å²) in [5, 5.41) is 1.20. The zero-order valence-corrected chi connectivity index (χ0v) is 13.7. The van der Waals surface area contributed by atoms with Gasteiger partial charge in [-0.1, -0.05) is 32.0 Å². The molecule has 0 saturated heterocycles. The zero-order valence-electron chi connectivity index (χ0n) is 13.7. The molecular weight excluding hydrogens is 270 g/mol. The van der Waals surface area contributed by atoms with E-state index in [0.29, 0.717) is 5.92 Å². The highest BCUT2D eigenvalue weighted by atomic mass is 15.0. The number of fused-ring (bicyclic) bond motifs is 1. The standard InChI is InChI=1S/C19H22N3/c1-13(2)9-15-10-20-11-18-17(15)12-22(4)19(21-18)16-8-6-5-7-14(16)3/h5-8,10-13H,9H2,1-4H3/q+1. The minimum atomic E-state index is 0.605. The fourth-order valence-corrected chi connectivity index (χ4v) is 2.86. The Morgan fingerprint density at radius 1 is 1.14 bits per heavy atom. The Bertz CT molecular complexity index is 822. The van der Waals surface area contributed by atoms with Gasteiger partial charge in [-0.3, -0.25) is 4.98 Å². The highest BCUT2D eigenvalue weighted by Gasteiger charge is 2.18. The van der Waals surface area contributed by atoms with E-state index in [1.807, 2.05) is 12.4 Å². The molecular formula is C19H22N3+. The van der Waals surface area contributed by atoms with Crippen LogP contribution in [0.2, 0.25) is 0 Å². The first kappa shape index (κ1) is 14.6. The third-order valence-electron chi connectivity index (χ3n) is 3.95. The summed E-state index contributed by atoms with van der Waals surface area (Å²) in [5.74, 6) is 1.59. The predicted molar refractivity (Wildman–Crippen MR) is 89.4 cm³/mol. The van der Waals surface area contributed by atoms with E-state index in [1.165, 1.54) is 22.1 Å². The van der Waals surface area contributed by atoms with Crippen molar-refractivity contribution in [3.63, 3.8) is 0 Å². The number of hydrogen-bond donors (Lipinski definition) is 0. The van der Waals surface area contributed by atoms with Crippen LogP contribution < -0.4 is 4.57 Å². The second-order valence-corrected chi connectivity index (χ2v) is 6.32. The molecule has 3 aromatic rings. The Hall–Kier alpha value is -2.29. The van der Waals surface area contributed by atoms with Gasteiger partial charge in [-0.05, 0) is 41.4 Å². The number of nitrogens with zero attached hydrogens (tertiary/aromatic N) is 3. The molecule has 0 bridgehead atoms. The van der Waals surface area contributed by atoms with E-state index in [2.05, 4.69) is 67.8 Å². The normalized spacial score (nSPS) is 11.3. The Labute approximate surface area is 131 Å². The third-order valence-corrected chi connectivity index (χ3v) is 3.95. The molecule has 112 valence electrons. The van der Waals surface area contributed by atoms with Crippen molar-refractivity contribution in [2.45, 2.75) is 27.2 Å². The molecule has 0 aliphatic heterocycles. The molecule has 3 nitrogen and oxygen atoms in total. The van der Waals surface area contributed by atoms with Crippen molar-refractivity contribution in [2.75, 3.05) is 0 Å². The van der Waals surface area contributed by atoms with Gasteiger partial charge in [0.2, 0.25) is 5.52 Å². The Morgan fingerprint density at radius 2 is 1.91 bits per heavy atom.